The fourth-order valence-electron chi connectivity index (χ4n) is 0.398. The summed E-state index contributed by atoms with van der Waals surface area (Å²) in [4.78, 5) is 3.92. The Morgan fingerprint density at radius 1 is 1.57 bits per heavy atom. The molecule has 0 saturated carbocycles. The van der Waals surface area contributed by atoms with E-state index in [9.17, 15) is 0 Å². The zero-order valence-corrected chi connectivity index (χ0v) is 6.93. The van der Waals surface area contributed by atoms with Crippen LogP contribution >= 0.6 is 0 Å². The second-order valence-corrected chi connectivity index (χ2v) is 3.07. The Bertz CT molecular complexity index is 138. The molecule has 0 aliphatic rings. The number of aromatic nitrogens is 1. The molecule has 7 heavy (non-hydrogen) atoms. The van der Waals surface area contributed by atoms with Crippen LogP contribution in [0.5, 0.6) is 0 Å². The molecule has 0 atom stereocenters. The van der Waals surface area contributed by atoms with Crippen molar-refractivity contribution < 1.29 is 18.3 Å². The van der Waals surface area contributed by atoms with Gasteiger partial charge in [-0.3, -0.25) is 0 Å². The van der Waals surface area contributed by atoms with Gasteiger partial charge in [-0.1, -0.05) is 0 Å². The quantitative estimate of drug-likeness (QED) is 0.475. The van der Waals surface area contributed by atoms with E-state index in [0.29, 0.717) is 0 Å². The third-order valence-corrected chi connectivity index (χ3v) is 1.60. The Balaban J connectivity index is 3.02. The zero-order chi connectivity index (χ0) is 5.11. The summed E-state index contributed by atoms with van der Waals surface area (Å²) in [6, 6.07) is 4.03. The van der Waals surface area contributed by atoms with Crippen LogP contribution in [-0.2, 0) is 18.3 Å². The number of hydrogen-bond acceptors (Lipinski definition) is 1. The van der Waals surface area contributed by atoms with Crippen molar-refractivity contribution in [3.8, 4) is 0 Å². The maximum atomic E-state index is 3.92. The molecule has 31 valence electrons. The Labute approximate surface area is 52.5 Å². The van der Waals surface area contributed by atoms with Crippen LogP contribution in [0.15, 0.2) is 24.5 Å². The van der Waals surface area contributed by atoms with Crippen LogP contribution in [0.25, 0.3) is 0 Å². The first-order valence-electron chi connectivity index (χ1n) is 2.11. The summed E-state index contributed by atoms with van der Waals surface area (Å²) in [6.45, 7) is 0. The van der Waals surface area contributed by atoms with Gasteiger partial charge in [0.2, 0.25) is 0 Å². The van der Waals surface area contributed by atoms with E-state index >= 15 is 0 Å². The van der Waals surface area contributed by atoms with E-state index in [1.54, 1.807) is 6.20 Å². The normalized spacial score (nSPS) is 8.86. The van der Waals surface area contributed by atoms with Crippen LogP contribution in [0.2, 0.25) is 0 Å². The van der Waals surface area contributed by atoms with Crippen molar-refractivity contribution in [2.24, 2.45) is 0 Å². The summed E-state index contributed by atoms with van der Waals surface area (Å²) in [5.41, 5.74) is 0. The van der Waals surface area contributed by atoms with Crippen molar-refractivity contribution in [1.29, 1.82) is 0 Å². The van der Waals surface area contributed by atoms with Crippen LogP contribution in [0.3, 0.4) is 0 Å². The molecule has 0 aliphatic carbocycles. The molecule has 1 aromatic rings. The zero-order valence-electron chi connectivity index (χ0n) is 3.96. The first kappa shape index (κ1) is 4.92. The molecule has 1 heterocycles. The molecular weight excluding hydrogens is 139 g/mol. The van der Waals surface area contributed by atoms with Crippen molar-refractivity contribution in [1.82, 2.24) is 4.98 Å². The Kier molecular flexibility index (Phi) is 1.53. The fraction of sp³-hybridized carbons (Fsp3) is 0. The number of nitrogens with zero attached hydrogens (tertiary/aromatic N) is 1. The van der Waals surface area contributed by atoms with Gasteiger partial charge < -0.3 is 0 Å². The summed E-state index contributed by atoms with van der Waals surface area (Å²) in [5, 5.41) is 0. The van der Waals surface area contributed by atoms with Crippen molar-refractivity contribution in [2.75, 3.05) is 0 Å². The van der Waals surface area contributed by atoms with Gasteiger partial charge in [0.25, 0.3) is 0 Å². The summed E-state index contributed by atoms with van der Waals surface area (Å²) in [6.07, 6.45) is 3.68. The molecule has 0 bridgehead atoms. The van der Waals surface area contributed by atoms with Gasteiger partial charge in [-0.15, -0.1) is 0 Å². The van der Waals surface area contributed by atoms with Gasteiger partial charge in [0.05, 0.1) is 0 Å². The SMILES string of the molecule is [Zn][c]1cccnc1. The monoisotopic (exact) mass is 142 g/mol. The average Bonchev–Trinajstić information content (AvgIpc) is 1.69. The topological polar surface area (TPSA) is 12.9 Å². The van der Waals surface area contributed by atoms with E-state index in [1.165, 1.54) is 22.5 Å². The van der Waals surface area contributed by atoms with Gasteiger partial charge >= 0.3 is 52.0 Å². The molecule has 0 aliphatic heterocycles. The third kappa shape index (κ3) is 1.36. The minimum atomic E-state index is 1.20. The van der Waals surface area contributed by atoms with Crippen LogP contribution < -0.4 is 4.16 Å². The molecule has 0 N–H and O–H groups in total. The molecule has 1 rings (SSSR count). The van der Waals surface area contributed by atoms with Crippen molar-refractivity contribution >= 4 is 4.16 Å². The average molecular weight is 143 g/mol. The molecule has 0 aromatic carbocycles. The molecule has 0 amide bonds. The summed E-state index contributed by atoms with van der Waals surface area (Å²) >= 11 is 1.20. The molecule has 1 nitrogen and oxygen atoms in total. The van der Waals surface area contributed by atoms with Crippen LogP contribution in [0, 0.1) is 0 Å². The summed E-state index contributed by atoms with van der Waals surface area (Å²) < 4.78 is 1.34. The van der Waals surface area contributed by atoms with E-state index in [1.807, 2.05) is 12.3 Å². The molecule has 0 radical (unpaired) electrons. The summed E-state index contributed by atoms with van der Waals surface area (Å²) in [5.74, 6) is 0. The predicted molar refractivity (Wildman–Crippen MR) is 23.9 cm³/mol. The molecule has 0 spiro atoms. The Hall–Kier alpha value is -0.227. The van der Waals surface area contributed by atoms with Gasteiger partial charge in [-0.25, -0.2) is 0 Å². The fourth-order valence-corrected chi connectivity index (χ4v) is 0.905. The Morgan fingerprint density at radius 3 is 2.71 bits per heavy atom. The number of rotatable bonds is 0. The minimum absolute atomic E-state index is 1.20. The maximum absolute atomic E-state index is 3.92. The predicted octanol–water partition coefficient (Wildman–Crippen LogP) is 0.254. The third-order valence-electron chi connectivity index (χ3n) is 0.723. The number of pyridine rings is 1. The van der Waals surface area contributed by atoms with Crippen LogP contribution in [-0.4, -0.2) is 4.98 Å². The van der Waals surface area contributed by atoms with Gasteiger partial charge in [-0.05, 0) is 0 Å². The molecular formula is C5H4NZn. The standard InChI is InChI=1S/C5H4N.Zn/c1-2-4-6-5-3-1;/h1-2,4-5H;. The van der Waals surface area contributed by atoms with E-state index in [2.05, 4.69) is 11.1 Å². The van der Waals surface area contributed by atoms with Crippen molar-refractivity contribution in [3.63, 3.8) is 0 Å². The van der Waals surface area contributed by atoms with Gasteiger partial charge in [0.1, 0.15) is 0 Å². The van der Waals surface area contributed by atoms with E-state index in [0.717, 1.165) is 0 Å². The van der Waals surface area contributed by atoms with E-state index in [-0.39, 0.29) is 0 Å². The van der Waals surface area contributed by atoms with Crippen LogP contribution in [0.4, 0.5) is 0 Å². The van der Waals surface area contributed by atoms with Crippen molar-refractivity contribution in [2.45, 2.75) is 0 Å². The molecule has 2 heteroatoms. The van der Waals surface area contributed by atoms with Gasteiger partial charge in [0, 0.05) is 0 Å². The van der Waals surface area contributed by atoms with E-state index in [4.69, 9.17) is 0 Å². The molecule has 1 aromatic heterocycles. The summed E-state index contributed by atoms with van der Waals surface area (Å²) in [7, 11) is 0. The van der Waals surface area contributed by atoms with Gasteiger partial charge in [0.15, 0.2) is 0 Å². The molecule has 0 fully saturated rings. The van der Waals surface area contributed by atoms with Crippen molar-refractivity contribution in [3.05, 3.63) is 24.5 Å². The van der Waals surface area contributed by atoms with Gasteiger partial charge in [-0.2, -0.15) is 0 Å². The molecule has 0 saturated heterocycles. The van der Waals surface area contributed by atoms with E-state index < -0.39 is 0 Å². The Morgan fingerprint density at radius 2 is 2.43 bits per heavy atom. The molecule has 0 unspecified atom stereocenters. The van der Waals surface area contributed by atoms with Crippen LogP contribution in [0.1, 0.15) is 0 Å². The second kappa shape index (κ2) is 2.18. The second-order valence-electron chi connectivity index (χ2n) is 1.36. The first-order valence-corrected chi connectivity index (χ1v) is 3.60. The number of hydrogen-bond donors (Lipinski definition) is 0. The first-order chi connectivity index (χ1) is 3.39.